The Balaban J connectivity index is 2.14. The summed E-state index contributed by atoms with van der Waals surface area (Å²) in [7, 11) is 0. The van der Waals surface area contributed by atoms with E-state index >= 15 is 0 Å². The lowest BCUT2D eigenvalue weighted by Crippen LogP contribution is -2.56. The van der Waals surface area contributed by atoms with Gasteiger partial charge in [-0.25, -0.2) is 0 Å². The van der Waals surface area contributed by atoms with Crippen LogP contribution in [0.5, 0.6) is 0 Å². The molecule has 2 fully saturated rings. The Morgan fingerprint density at radius 3 is 2.75 bits per heavy atom. The predicted molar refractivity (Wildman–Crippen MR) is 76.2 cm³/mol. The summed E-state index contributed by atoms with van der Waals surface area (Å²) in [6.07, 6.45) is 4.35. The third kappa shape index (κ3) is 3.14. The lowest BCUT2D eigenvalue weighted by molar-refractivity contribution is -0.142. The minimum atomic E-state index is -0.781. The maximum Gasteiger partial charge on any atom is 0.248 e. The van der Waals surface area contributed by atoms with E-state index in [1.54, 1.807) is 0 Å². The third-order valence-corrected chi connectivity index (χ3v) is 4.54. The number of amides is 2. The Bertz CT molecular complexity index is 379. The van der Waals surface area contributed by atoms with E-state index in [1.165, 1.54) is 0 Å². The van der Waals surface area contributed by atoms with E-state index in [9.17, 15) is 9.59 Å². The average Bonchev–Trinajstić information content (AvgIpc) is 2.51. The zero-order valence-electron chi connectivity index (χ0n) is 12.8. The Kier molecular flexibility index (Phi) is 4.68. The van der Waals surface area contributed by atoms with Gasteiger partial charge in [-0.15, -0.1) is 0 Å². The van der Waals surface area contributed by atoms with Gasteiger partial charge in [0, 0.05) is 25.6 Å². The van der Waals surface area contributed by atoms with Crippen molar-refractivity contribution < 1.29 is 14.3 Å². The number of carbonyl (C=O) groups is 2. The molecule has 0 aromatic carbocycles. The van der Waals surface area contributed by atoms with E-state index in [1.807, 2.05) is 25.7 Å². The summed E-state index contributed by atoms with van der Waals surface area (Å²) >= 11 is 0. The summed E-state index contributed by atoms with van der Waals surface area (Å²) < 4.78 is 5.75. The molecule has 0 saturated carbocycles. The molecule has 1 N–H and O–H groups in total. The summed E-state index contributed by atoms with van der Waals surface area (Å²) in [5.41, 5.74) is -0.781. The highest BCUT2D eigenvalue weighted by Crippen LogP contribution is 2.23. The summed E-state index contributed by atoms with van der Waals surface area (Å²) in [5.74, 6) is -0.0187. The van der Waals surface area contributed by atoms with Crippen LogP contribution < -0.4 is 5.32 Å². The third-order valence-electron chi connectivity index (χ3n) is 4.54. The van der Waals surface area contributed by atoms with Crippen molar-refractivity contribution >= 4 is 11.8 Å². The molecule has 0 bridgehead atoms. The zero-order valence-corrected chi connectivity index (χ0v) is 12.8. The summed E-state index contributed by atoms with van der Waals surface area (Å²) in [4.78, 5) is 26.6. The first-order valence-electron chi connectivity index (χ1n) is 7.70. The molecule has 2 amide bonds. The molecule has 2 saturated heterocycles. The van der Waals surface area contributed by atoms with Crippen LogP contribution in [0.4, 0.5) is 0 Å². The van der Waals surface area contributed by atoms with Gasteiger partial charge in [0.1, 0.15) is 5.54 Å². The first-order chi connectivity index (χ1) is 9.46. The van der Waals surface area contributed by atoms with Crippen LogP contribution in [0.1, 0.15) is 52.9 Å². The van der Waals surface area contributed by atoms with Crippen LogP contribution in [-0.4, -0.2) is 47.6 Å². The Hall–Kier alpha value is -1.10. The summed E-state index contributed by atoms with van der Waals surface area (Å²) in [5, 5.41) is 2.88. The first-order valence-corrected chi connectivity index (χ1v) is 7.70. The van der Waals surface area contributed by atoms with Gasteiger partial charge in [0.25, 0.3) is 0 Å². The monoisotopic (exact) mass is 282 g/mol. The van der Waals surface area contributed by atoms with Gasteiger partial charge in [-0.1, -0.05) is 6.92 Å². The van der Waals surface area contributed by atoms with Crippen molar-refractivity contribution in [2.24, 2.45) is 0 Å². The first kappa shape index (κ1) is 15.3. The molecule has 0 aliphatic carbocycles. The molecule has 5 nitrogen and oxygen atoms in total. The molecule has 0 spiro atoms. The predicted octanol–water partition coefficient (Wildman–Crippen LogP) is 1.46. The number of hydrogen-bond donors (Lipinski definition) is 1. The van der Waals surface area contributed by atoms with Crippen LogP contribution in [0.25, 0.3) is 0 Å². The largest absolute Gasteiger partial charge is 0.376 e. The molecule has 5 heteroatoms. The van der Waals surface area contributed by atoms with Crippen molar-refractivity contribution in [2.75, 3.05) is 13.2 Å². The van der Waals surface area contributed by atoms with E-state index < -0.39 is 5.54 Å². The minimum Gasteiger partial charge on any atom is -0.376 e. The Morgan fingerprint density at radius 2 is 2.15 bits per heavy atom. The SMILES string of the molecule is CCC1(C)NC(=O)CC(C)N(CC2CCCCO2)C1=O. The van der Waals surface area contributed by atoms with E-state index in [2.05, 4.69) is 5.32 Å². The van der Waals surface area contributed by atoms with Crippen LogP contribution >= 0.6 is 0 Å². The van der Waals surface area contributed by atoms with Crippen molar-refractivity contribution in [2.45, 2.75) is 70.6 Å². The topological polar surface area (TPSA) is 58.6 Å². The maximum absolute atomic E-state index is 12.8. The van der Waals surface area contributed by atoms with E-state index in [0.717, 1.165) is 25.9 Å². The quantitative estimate of drug-likeness (QED) is 0.852. The highest BCUT2D eigenvalue weighted by molar-refractivity contribution is 5.93. The van der Waals surface area contributed by atoms with Gasteiger partial charge < -0.3 is 15.0 Å². The van der Waals surface area contributed by atoms with Crippen LogP contribution in [-0.2, 0) is 14.3 Å². The van der Waals surface area contributed by atoms with Gasteiger partial charge in [0.15, 0.2) is 0 Å². The molecule has 0 aromatic heterocycles. The molecule has 0 radical (unpaired) electrons. The summed E-state index contributed by atoms with van der Waals surface area (Å²) in [6, 6.07) is -0.0681. The molecule has 20 heavy (non-hydrogen) atoms. The van der Waals surface area contributed by atoms with E-state index in [0.29, 0.717) is 19.4 Å². The van der Waals surface area contributed by atoms with Gasteiger partial charge in [0.05, 0.1) is 6.10 Å². The fraction of sp³-hybridized carbons (Fsp3) is 0.867. The Morgan fingerprint density at radius 1 is 1.40 bits per heavy atom. The van der Waals surface area contributed by atoms with E-state index in [-0.39, 0.29) is 24.0 Å². The molecule has 2 rings (SSSR count). The standard InChI is InChI=1S/C15H26N2O3/c1-4-15(3)14(19)17(11(2)9-13(18)16-15)10-12-7-5-6-8-20-12/h11-12H,4-10H2,1-3H3,(H,16,18). The van der Waals surface area contributed by atoms with Gasteiger partial charge in [-0.3, -0.25) is 9.59 Å². The van der Waals surface area contributed by atoms with Crippen molar-refractivity contribution in [3.8, 4) is 0 Å². The molecular weight excluding hydrogens is 256 g/mol. The van der Waals surface area contributed by atoms with Gasteiger partial charge in [-0.2, -0.15) is 0 Å². The number of ether oxygens (including phenoxy) is 1. The van der Waals surface area contributed by atoms with Crippen molar-refractivity contribution in [1.29, 1.82) is 0 Å². The second-order valence-electron chi connectivity index (χ2n) is 6.23. The van der Waals surface area contributed by atoms with Gasteiger partial charge >= 0.3 is 0 Å². The van der Waals surface area contributed by atoms with E-state index in [4.69, 9.17) is 4.74 Å². The van der Waals surface area contributed by atoms with Crippen molar-refractivity contribution in [3.05, 3.63) is 0 Å². The van der Waals surface area contributed by atoms with Crippen molar-refractivity contribution in [1.82, 2.24) is 10.2 Å². The molecule has 3 atom stereocenters. The smallest absolute Gasteiger partial charge is 0.248 e. The van der Waals surface area contributed by atoms with Crippen LogP contribution in [0, 0.1) is 0 Å². The lowest BCUT2D eigenvalue weighted by atomic mass is 9.96. The van der Waals surface area contributed by atoms with Gasteiger partial charge in [0.2, 0.25) is 11.8 Å². The highest BCUT2D eigenvalue weighted by Gasteiger charge is 2.42. The molecule has 114 valence electrons. The van der Waals surface area contributed by atoms with Crippen molar-refractivity contribution in [3.63, 3.8) is 0 Å². The average molecular weight is 282 g/mol. The van der Waals surface area contributed by atoms with Crippen LogP contribution in [0.2, 0.25) is 0 Å². The summed E-state index contributed by atoms with van der Waals surface area (Å²) in [6.45, 7) is 7.08. The number of nitrogens with zero attached hydrogens (tertiary/aromatic N) is 1. The normalized spacial score (nSPS) is 35.6. The molecule has 2 aliphatic rings. The number of nitrogens with one attached hydrogen (secondary N) is 1. The number of hydrogen-bond acceptors (Lipinski definition) is 3. The van der Waals surface area contributed by atoms with Crippen LogP contribution in [0.15, 0.2) is 0 Å². The fourth-order valence-electron chi connectivity index (χ4n) is 2.98. The fourth-order valence-corrected chi connectivity index (χ4v) is 2.98. The molecular formula is C15H26N2O3. The number of rotatable bonds is 3. The minimum absolute atomic E-state index is 0.0209. The second-order valence-corrected chi connectivity index (χ2v) is 6.23. The second kappa shape index (κ2) is 6.12. The maximum atomic E-state index is 12.8. The Labute approximate surface area is 121 Å². The lowest BCUT2D eigenvalue weighted by Gasteiger charge is -2.36. The number of carbonyl (C=O) groups excluding carboxylic acids is 2. The van der Waals surface area contributed by atoms with Gasteiger partial charge in [-0.05, 0) is 39.5 Å². The molecule has 3 unspecified atom stereocenters. The molecule has 2 aliphatic heterocycles. The molecule has 0 aromatic rings. The van der Waals surface area contributed by atoms with Crippen LogP contribution in [0.3, 0.4) is 0 Å². The molecule has 2 heterocycles. The zero-order chi connectivity index (χ0) is 14.8. The highest BCUT2D eigenvalue weighted by atomic mass is 16.5.